The number of hydrogen-bond acceptors (Lipinski definition) is 9. The van der Waals surface area contributed by atoms with Crippen LogP contribution < -0.4 is 0 Å². The average molecular weight is 667 g/mol. The van der Waals surface area contributed by atoms with Gasteiger partial charge in [-0.1, -0.05) is 86.6 Å². The molecule has 0 aromatic heterocycles. The molecule has 0 bridgehead atoms. The minimum absolute atomic E-state index is 0.0680. The predicted molar refractivity (Wildman–Crippen MR) is 184 cm³/mol. The van der Waals surface area contributed by atoms with Crippen molar-refractivity contribution in [1.82, 2.24) is 0 Å². The van der Waals surface area contributed by atoms with E-state index in [1.807, 2.05) is 49.4 Å². The number of aliphatic hydroxyl groups excluding tert-OH is 1. The summed E-state index contributed by atoms with van der Waals surface area (Å²) in [5.41, 5.74) is 1.55. The Morgan fingerprint density at radius 2 is 1.71 bits per heavy atom. The lowest BCUT2D eigenvalue weighted by Crippen LogP contribution is -2.59. The van der Waals surface area contributed by atoms with Crippen molar-refractivity contribution in [2.24, 2.45) is 5.92 Å². The van der Waals surface area contributed by atoms with E-state index in [0.717, 1.165) is 30.4 Å². The molecule has 2 heterocycles. The maximum atomic E-state index is 13.1. The van der Waals surface area contributed by atoms with Gasteiger partial charge < -0.3 is 28.8 Å². The molecule has 1 N–H and O–H groups in total. The summed E-state index contributed by atoms with van der Waals surface area (Å²) in [6.07, 6.45) is 14.9. The van der Waals surface area contributed by atoms with E-state index in [4.69, 9.17) is 23.7 Å². The SMILES string of the molecule is CCCC[C@@]1(OC(=O)CCC(=O)OC)CC[C@]2(CC[C@H](C)[C@@H](C/C=C(C)/C=C/C(O)c3ccccc3)O2)O[C@H]1/C=C/C(C)=C/C(=O)OC. The van der Waals surface area contributed by atoms with Crippen LogP contribution in [0.3, 0.4) is 0 Å². The average Bonchev–Trinajstić information content (AvgIpc) is 3.09. The van der Waals surface area contributed by atoms with Crippen molar-refractivity contribution in [1.29, 1.82) is 0 Å². The number of hydrogen-bond donors (Lipinski definition) is 1. The lowest BCUT2D eigenvalue weighted by atomic mass is 9.78. The molecule has 1 spiro atoms. The van der Waals surface area contributed by atoms with Crippen LogP contribution in [-0.4, -0.2) is 60.8 Å². The van der Waals surface area contributed by atoms with Gasteiger partial charge in [0.25, 0.3) is 0 Å². The highest BCUT2D eigenvalue weighted by molar-refractivity contribution is 5.83. The molecule has 1 aromatic carbocycles. The van der Waals surface area contributed by atoms with Gasteiger partial charge in [0, 0.05) is 18.9 Å². The molecule has 0 radical (unpaired) electrons. The van der Waals surface area contributed by atoms with E-state index in [0.29, 0.717) is 43.6 Å². The number of carbonyl (C=O) groups excluding carboxylic acids is 3. The third-order valence-electron chi connectivity index (χ3n) is 9.24. The Kier molecular flexibility index (Phi) is 15.3. The van der Waals surface area contributed by atoms with Gasteiger partial charge in [0.05, 0.1) is 39.3 Å². The van der Waals surface area contributed by atoms with Crippen LogP contribution in [0, 0.1) is 5.92 Å². The topological polar surface area (TPSA) is 118 Å². The molecule has 9 heteroatoms. The van der Waals surface area contributed by atoms with Gasteiger partial charge in [0.2, 0.25) is 0 Å². The van der Waals surface area contributed by atoms with Gasteiger partial charge in [-0.25, -0.2) is 4.79 Å². The smallest absolute Gasteiger partial charge is 0.330 e. The van der Waals surface area contributed by atoms with E-state index < -0.39 is 41.5 Å². The first-order valence-corrected chi connectivity index (χ1v) is 17.1. The van der Waals surface area contributed by atoms with Gasteiger partial charge in [-0.15, -0.1) is 0 Å². The molecule has 0 aliphatic carbocycles. The van der Waals surface area contributed by atoms with E-state index in [9.17, 15) is 19.5 Å². The monoisotopic (exact) mass is 666 g/mol. The van der Waals surface area contributed by atoms with Crippen LogP contribution in [0.5, 0.6) is 0 Å². The molecule has 2 saturated heterocycles. The van der Waals surface area contributed by atoms with Gasteiger partial charge >= 0.3 is 17.9 Å². The molecule has 9 nitrogen and oxygen atoms in total. The Morgan fingerprint density at radius 1 is 0.979 bits per heavy atom. The number of unbranched alkanes of at least 4 members (excludes halogenated alkanes) is 1. The maximum absolute atomic E-state index is 13.1. The van der Waals surface area contributed by atoms with Crippen molar-refractivity contribution in [3.05, 3.63) is 83.5 Å². The molecule has 0 amide bonds. The van der Waals surface area contributed by atoms with E-state index >= 15 is 0 Å². The molecule has 6 atom stereocenters. The van der Waals surface area contributed by atoms with Crippen LogP contribution >= 0.6 is 0 Å². The minimum Gasteiger partial charge on any atom is -0.469 e. The predicted octanol–water partition coefficient (Wildman–Crippen LogP) is 7.40. The first kappa shape index (κ1) is 38.9. The van der Waals surface area contributed by atoms with Crippen molar-refractivity contribution in [2.75, 3.05) is 14.2 Å². The van der Waals surface area contributed by atoms with Gasteiger partial charge in [0.15, 0.2) is 5.79 Å². The quantitative estimate of drug-likeness (QED) is 0.0884. The number of esters is 3. The van der Waals surface area contributed by atoms with Crippen molar-refractivity contribution in [3.63, 3.8) is 0 Å². The summed E-state index contributed by atoms with van der Waals surface area (Å²) in [7, 11) is 2.62. The Balaban J connectivity index is 1.84. The van der Waals surface area contributed by atoms with E-state index in [1.165, 1.54) is 20.3 Å². The highest BCUT2D eigenvalue weighted by Gasteiger charge is 2.54. The summed E-state index contributed by atoms with van der Waals surface area (Å²) in [4.78, 5) is 36.7. The summed E-state index contributed by atoms with van der Waals surface area (Å²) in [6.45, 7) is 8.07. The first-order valence-electron chi connectivity index (χ1n) is 17.1. The van der Waals surface area contributed by atoms with Gasteiger partial charge in [-0.3, -0.25) is 9.59 Å². The molecule has 2 fully saturated rings. The Labute approximate surface area is 286 Å². The number of ether oxygens (including phenoxy) is 5. The Morgan fingerprint density at radius 3 is 2.40 bits per heavy atom. The van der Waals surface area contributed by atoms with Crippen LogP contribution in [0.2, 0.25) is 0 Å². The molecule has 264 valence electrons. The largest absolute Gasteiger partial charge is 0.469 e. The molecule has 0 saturated carbocycles. The van der Waals surface area contributed by atoms with Crippen LogP contribution in [-0.2, 0) is 38.1 Å². The fourth-order valence-corrected chi connectivity index (χ4v) is 6.19. The zero-order valence-corrected chi connectivity index (χ0v) is 29.4. The van der Waals surface area contributed by atoms with Gasteiger partial charge in [-0.2, -0.15) is 0 Å². The second-order valence-electron chi connectivity index (χ2n) is 13.0. The molecule has 1 aromatic rings. The zero-order valence-electron chi connectivity index (χ0n) is 29.4. The standard InChI is InChI=1S/C39H54O9/c1-7-8-23-38(48-36(42)21-20-35(41)44-5)25-26-39(47-34(38)19-16-29(3)27-37(43)45-6)24-22-30(4)33(46-39)18-15-28(2)14-17-32(40)31-12-10-9-11-13-31/h9-17,19,27,30,32-34,40H,7-8,18,20-26H2,1-6H3/b17-14+,19-16+,28-15+,29-27+/t30-,32?,33+,34-,38+,39-/m0/s1. The van der Waals surface area contributed by atoms with Crippen molar-refractivity contribution in [2.45, 2.75) is 122 Å². The first-order chi connectivity index (χ1) is 22.9. The number of rotatable bonds is 15. The normalized spacial score (nSPS) is 27.3. The van der Waals surface area contributed by atoms with Crippen molar-refractivity contribution >= 4 is 17.9 Å². The van der Waals surface area contributed by atoms with E-state index in [2.05, 4.69) is 19.9 Å². The molecular weight excluding hydrogens is 612 g/mol. The van der Waals surface area contributed by atoms with Gasteiger partial charge in [0.1, 0.15) is 11.7 Å². The third kappa shape index (κ3) is 11.6. The molecule has 3 rings (SSSR count). The molecule has 1 unspecified atom stereocenters. The van der Waals surface area contributed by atoms with Crippen LogP contribution in [0.15, 0.2) is 77.9 Å². The molecule has 2 aliphatic heterocycles. The Hall–Kier alpha value is -3.53. The molecular formula is C39H54O9. The summed E-state index contributed by atoms with van der Waals surface area (Å²) >= 11 is 0. The number of aliphatic hydroxyl groups is 1. The van der Waals surface area contributed by atoms with Crippen molar-refractivity contribution < 1.29 is 43.2 Å². The van der Waals surface area contributed by atoms with Crippen LogP contribution in [0.4, 0.5) is 0 Å². The fraction of sp³-hybridized carbons (Fsp3) is 0.564. The summed E-state index contributed by atoms with van der Waals surface area (Å²) < 4.78 is 29.4. The number of allylic oxidation sites excluding steroid dienone is 4. The minimum atomic E-state index is -0.973. The number of carbonyl (C=O) groups is 3. The zero-order chi connectivity index (χ0) is 35.2. The van der Waals surface area contributed by atoms with E-state index in [1.54, 1.807) is 19.1 Å². The third-order valence-corrected chi connectivity index (χ3v) is 9.24. The van der Waals surface area contributed by atoms with Crippen LogP contribution in [0.25, 0.3) is 0 Å². The fourth-order valence-electron chi connectivity index (χ4n) is 6.19. The summed E-state index contributed by atoms with van der Waals surface area (Å²) in [5, 5.41) is 10.5. The lowest BCUT2D eigenvalue weighted by molar-refractivity contribution is -0.344. The number of benzene rings is 1. The van der Waals surface area contributed by atoms with Crippen molar-refractivity contribution in [3.8, 4) is 0 Å². The lowest BCUT2D eigenvalue weighted by Gasteiger charge is -2.53. The summed E-state index contributed by atoms with van der Waals surface area (Å²) in [5.74, 6) is -2.01. The maximum Gasteiger partial charge on any atom is 0.330 e. The second-order valence-corrected chi connectivity index (χ2v) is 13.0. The Bertz CT molecular complexity index is 1330. The molecule has 2 aliphatic rings. The highest BCUT2D eigenvalue weighted by Crippen LogP contribution is 2.48. The molecule has 48 heavy (non-hydrogen) atoms. The summed E-state index contributed by atoms with van der Waals surface area (Å²) in [6, 6.07) is 9.53. The second kappa shape index (κ2) is 18.9. The highest BCUT2D eigenvalue weighted by atomic mass is 16.7. The number of methoxy groups -OCH3 is 2. The van der Waals surface area contributed by atoms with E-state index in [-0.39, 0.29) is 18.9 Å². The van der Waals surface area contributed by atoms with Crippen LogP contribution in [0.1, 0.15) is 104 Å². The van der Waals surface area contributed by atoms with Gasteiger partial charge in [-0.05, 0) is 63.0 Å².